The minimum absolute atomic E-state index is 0.153. The first kappa shape index (κ1) is 23.6. The monoisotopic (exact) mass is 499 g/mol. The van der Waals surface area contributed by atoms with E-state index in [2.05, 4.69) is 25.9 Å². The zero-order valence-electron chi connectivity index (χ0n) is 20.5. The highest BCUT2D eigenvalue weighted by atomic mass is 19.1. The molecule has 1 fully saturated rings. The van der Waals surface area contributed by atoms with Crippen molar-refractivity contribution in [3.63, 3.8) is 0 Å². The smallest absolute Gasteiger partial charge is 0.164 e. The molecule has 190 valence electrons. The third-order valence-corrected chi connectivity index (χ3v) is 7.45. The van der Waals surface area contributed by atoms with Gasteiger partial charge < -0.3 is 20.7 Å². The molecule has 3 aromatic heterocycles. The Balaban J connectivity index is 1.34. The van der Waals surface area contributed by atoms with Gasteiger partial charge >= 0.3 is 0 Å². The van der Waals surface area contributed by atoms with E-state index >= 15 is 0 Å². The number of halogens is 1. The summed E-state index contributed by atoms with van der Waals surface area (Å²) in [4.78, 5) is 8.83. The maximum absolute atomic E-state index is 14.2. The lowest BCUT2D eigenvalue weighted by atomic mass is 9.91. The summed E-state index contributed by atoms with van der Waals surface area (Å²) in [5.74, 6) is 0.216. The van der Waals surface area contributed by atoms with E-state index in [0.29, 0.717) is 30.5 Å². The molecule has 1 aliphatic rings. The normalized spacial score (nSPS) is 18.1. The Morgan fingerprint density at radius 2 is 1.89 bits per heavy atom. The van der Waals surface area contributed by atoms with Crippen molar-refractivity contribution < 1.29 is 9.50 Å². The van der Waals surface area contributed by atoms with Crippen LogP contribution in [0.25, 0.3) is 33.2 Å². The molecule has 0 atom stereocenters. The predicted octanol–water partition coefficient (Wildman–Crippen LogP) is 4.28. The number of aromatic nitrogens is 5. The third-order valence-electron chi connectivity index (χ3n) is 7.45. The maximum atomic E-state index is 14.2. The van der Waals surface area contributed by atoms with Crippen molar-refractivity contribution in [3.8, 4) is 11.3 Å². The summed E-state index contributed by atoms with van der Waals surface area (Å²) in [6.45, 7) is 1.24. The topological polar surface area (TPSA) is 107 Å². The predicted molar refractivity (Wildman–Crippen MR) is 143 cm³/mol. The largest absolute Gasteiger partial charge is 0.395 e. The number of hydrogen-bond donors (Lipinski definition) is 3. The minimum atomic E-state index is -0.202. The standard InChI is InChI=1S/C28H30FN7O/c29-23-4-2-1-3-20(23)16-35-13-11-18-15-19(5-10-24(18)35)26-25-27(30)32-17-33-28(25)36(34-26)22-8-6-21(7-9-22)31-12-14-37/h1-5,10-11,13,15,17,21-22,31,37H,6-9,12,14,16H2,(H2,30,32,33). The SMILES string of the molecule is Nc1ncnc2c1c(-c1ccc3c(ccn3Cc3ccccc3F)c1)nn2C1CCC(NCCO)CC1. The first-order chi connectivity index (χ1) is 18.1. The van der Waals surface area contributed by atoms with Crippen LogP contribution >= 0.6 is 0 Å². The van der Waals surface area contributed by atoms with Crippen molar-refractivity contribution in [3.05, 3.63) is 72.4 Å². The van der Waals surface area contributed by atoms with Crippen LogP contribution in [-0.4, -0.2) is 48.6 Å². The van der Waals surface area contributed by atoms with Crippen LogP contribution in [-0.2, 0) is 6.54 Å². The van der Waals surface area contributed by atoms with E-state index in [1.54, 1.807) is 6.07 Å². The van der Waals surface area contributed by atoms with Gasteiger partial charge in [-0.3, -0.25) is 0 Å². The van der Waals surface area contributed by atoms with Gasteiger partial charge in [-0.25, -0.2) is 19.0 Å². The van der Waals surface area contributed by atoms with E-state index < -0.39 is 0 Å². The van der Waals surface area contributed by atoms with Crippen LogP contribution in [0.4, 0.5) is 10.2 Å². The van der Waals surface area contributed by atoms with Crippen LogP contribution in [0.2, 0.25) is 0 Å². The lowest BCUT2D eigenvalue weighted by Crippen LogP contribution is -2.35. The highest BCUT2D eigenvalue weighted by molar-refractivity contribution is 6.00. The van der Waals surface area contributed by atoms with Crippen molar-refractivity contribution in [2.45, 2.75) is 44.3 Å². The highest BCUT2D eigenvalue weighted by Gasteiger charge is 2.27. The summed E-state index contributed by atoms with van der Waals surface area (Å²) in [7, 11) is 0. The van der Waals surface area contributed by atoms with Gasteiger partial charge in [-0.2, -0.15) is 5.10 Å². The van der Waals surface area contributed by atoms with E-state index in [-0.39, 0.29) is 18.5 Å². The summed E-state index contributed by atoms with van der Waals surface area (Å²) >= 11 is 0. The Labute approximate surface area is 214 Å². The first-order valence-corrected chi connectivity index (χ1v) is 12.8. The van der Waals surface area contributed by atoms with Gasteiger partial charge in [0, 0.05) is 40.8 Å². The zero-order valence-corrected chi connectivity index (χ0v) is 20.5. The van der Waals surface area contributed by atoms with Gasteiger partial charge in [-0.05, 0) is 49.9 Å². The molecule has 0 amide bonds. The van der Waals surface area contributed by atoms with Crippen LogP contribution < -0.4 is 11.1 Å². The molecule has 3 heterocycles. The molecule has 1 saturated carbocycles. The molecule has 0 spiro atoms. The van der Waals surface area contributed by atoms with E-state index in [0.717, 1.165) is 58.9 Å². The summed E-state index contributed by atoms with van der Waals surface area (Å²) < 4.78 is 18.3. The Kier molecular flexibility index (Phi) is 6.31. The number of benzene rings is 2. The maximum Gasteiger partial charge on any atom is 0.164 e. The molecule has 37 heavy (non-hydrogen) atoms. The molecule has 4 N–H and O–H groups in total. The van der Waals surface area contributed by atoms with Gasteiger partial charge in [0.05, 0.1) is 24.6 Å². The van der Waals surface area contributed by atoms with Crippen LogP contribution in [0.3, 0.4) is 0 Å². The number of nitrogen functional groups attached to an aromatic ring is 1. The molecule has 6 rings (SSSR count). The molecule has 0 radical (unpaired) electrons. The summed E-state index contributed by atoms with van der Waals surface area (Å²) in [5, 5.41) is 19.4. The fraction of sp³-hybridized carbons (Fsp3) is 0.321. The summed E-state index contributed by atoms with van der Waals surface area (Å²) in [5.41, 5.74) is 10.5. The van der Waals surface area contributed by atoms with E-state index in [1.165, 1.54) is 12.4 Å². The van der Waals surface area contributed by atoms with Gasteiger partial charge in [0.1, 0.15) is 23.7 Å². The summed E-state index contributed by atoms with van der Waals surface area (Å²) in [6, 6.07) is 15.7. The second-order valence-corrected chi connectivity index (χ2v) is 9.74. The van der Waals surface area contributed by atoms with Crippen molar-refractivity contribution in [2.24, 2.45) is 0 Å². The molecule has 2 aromatic carbocycles. The Morgan fingerprint density at radius 3 is 2.70 bits per heavy atom. The Morgan fingerprint density at radius 1 is 1.05 bits per heavy atom. The van der Waals surface area contributed by atoms with Gasteiger partial charge in [-0.1, -0.05) is 24.3 Å². The average Bonchev–Trinajstić information content (AvgIpc) is 3.51. The Hall–Kier alpha value is -3.82. The van der Waals surface area contributed by atoms with Crippen molar-refractivity contribution in [1.29, 1.82) is 0 Å². The van der Waals surface area contributed by atoms with Crippen molar-refractivity contribution in [2.75, 3.05) is 18.9 Å². The number of nitrogens with two attached hydrogens (primary N) is 1. The van der Waals surface area contributed by atoms with Crippen molar-refractivity contribution in [1.82, 2.24) is 29.6 Å². The molecular weight excluding hydrogens is 469 g/mol. The molecule has 0 bridgehead atoms. The first-order valence-electron chi connectivity index (χ1n) is 12.8. The minimum Gasteiger partial charge on any atom is -0.395 e. The molecule has 0 aliphatic heterocycles. The van der Waals surface area contributed by atoms with Gasteiger partial charge in [-0.15, -0.1) is 0 Å². The van der Waals surface area contributed by atoms with E-state index in [4.69, 9.17) is 15.9 Å². The van der Waals surface area contributed by atoms with Gasteiger partial charge in [0.25, 0.3) is 0 Å². The number of aliphatic hydroxyl groups excluding tert-OH is 1. The van der Waals surface area contributed by atoms with Crippen LogP contribution in [0.15, 0.2) is 61.1 Å². The van der Waals surface area contributed by atoms with Crippen LogP contribution in [0.5, 0.6) is 0 Å². The molecule has 8 nitrogen and oxygen atoms in total. The zero-order chi connectivity index (χ0) is 25.4. The number of aliphatic hydroxyl groups is 1. The lowest BCUT2D eigenvalue weighted by Gasteiger charge is -2.29. The molecule has 5 aromatic rings. The van der Waals surface area contributed by atoms with E-state index in [1.807, 2.05) is 41.2 Å². The Bertz CT molecular complexity index is 1550. The number of rotatable bonds is 7. The average molecular weight is 500 g/mol. The van der Waals surface area contributed by atoms with Crippen LogP contribution in [0.1, 0.15) is 37.3 Å². The summed E-state index contributed by atoms with van der Waals surface area (Å²) in [6.07, 6.45) is 7.47. The number of hydrogen-bond acceptors (Lipinski definition) is 6. The van der Waals surface area contributed by atoms with Crippen LogP contribution in [0, 0.1) is 5.82 Å². The van der Waals surface area contributed by atoms with Gasteiger partial charge in [0.2, 0.25) is 0 Å². The number of anilines is 1. The molecule has 9 heteroatoms. The van der Waals surface area contributed by atoms with Gasteiger partial charge in [0.15, 0.2) is 5.65 Å². The number of nitrogens with zero attached hydrogens (tertiary/aromatic N) is 5. The molecule has 1 aliphatic carbocycles. The van der Waals surface area contributed by atoms with Crippen molar-refractivity contribution >= 4 is 27.8 Å². The molecule has 0 saturated heterocycles. The molecule has 0 unspecified atom stereocenters. The second-order valence-electron chi connectivity index (χ2n) is 9.74. The fourth-order valence-corrected chi connectivity index (χ4v) is 5.54. The number of fused-ring (bicyclic) bond motifs is 2. The third kappa shape index (κ3) is 4.45. The highest BCUT2D eigenvalue weighted by Crippen LogP contribution is 2.37. The fourth-order valence-electron chi connectivity index (χ4n) is 5.54. The quantitative estimate of drug-likeness (QED) is 0.309. The molecular formula is C28H30FN7O. The lowest BCUT2D eigenvalue weighted by molar-refractivity contribution is 0.249. The van der Waals surface area contributed by atoms with E-state index in [9.17, 15) is 4.39 Å². The number of nitrogens with one attached hydrogen (secondary N) is 1. The second kappa shape index (κ2) is 9.91.